The van der Waals surface area contributed by atoms with Gasteiger partial charge < -0.3 is 30.1 Å². The van der Waals surface area contributed by atoms with Crippen LogP contribution in [-0.4, -0.2) is 65.1 Å². The summed E-state index contributed by atoms with van der Waals surface area (Å²) in [6, 6.07) is -0.900. The highest BCUT2D eigenvalue weighted by molar-refractivity contribution is 5.73. The molecule has 2 rings (SSSR count). The van der Waals surface area contributed by atoms with E-state index in [0.717, 1.165) is 24.8 Å². The molecule has 6 unspecified atom stereocenters. The fourth-order valence-electron chi connectivity index (χ4n) is 3.27. The van der Waals surface area contributed by atoms with Gasteiger partial charge >= 0.3 is 0 Å². The Bertz CT molecular complexity index is 520. The van der Waals surface area contributed by atoms with Crippen molar-refractivity contribution in [3.05, 3.63) is 23.8 Å². The molecule has 0 radical (unpaired) electrons. The predicted octanol–water partition coefficient (Wildman–Crippen LogP) is 0.249. The fraction of sp³-hybridized carbons (Fsp3) is 0.722. The van der Waals surface area contributed by atoms with Gasteiger partial charge in [0.05, 0.1) is 13.2 Å². The molecule has 7 nitrogen and oxygen atoms in total. The zero-order valence-corrected chi connectivity index (χ0v) is 14.9. The monoisotopic (exact) mass is 355 g/mol. The van der Waals surface area contributed by atoms with Crippen molar-refractivity contribution in [1.29, 1.82) is 0 Å². The number of nitrogens with one attached hydrogen (secondary N) is 1. The van der Waals surface area contributed by atoms with Gasteiger partial charge in [-0.3, -0.25) is 4.79 Å². The zero-order chi connectivity index (χ0) is 18.6. The molecule has 1 aliphatic heterocycles. The van der Waals surface area contributed by atoms with E-state index in [4.69, 9.17) is 9.47 Å². The van der Waals surface area contributed by atoms with Crippen LogP contribution in [0, 0.1) is 5.92 Å². The Morgan fingerprint density at radius 2 is 2.12 bits per heavy atom. The first-order chi connectivity index (χ1) is 11.8. The van der Waals surface area contributed by atoms with Crippen molar-refractivity contribution in [2.24, 2.45) is 5.92 Å². The first kappa shape index (κ1) is 20.1. The van der Waals surface area contributed by atoms with Crippen molar-refractivity contribution in [3.8, 4) is 0 Å². The lowest BCUT2D eigenvalue weighted by Gasteiger charge is -2.42. The molecule has 7 heteroatoms. The van der Waals surface area contributed by atoms with Crippen molar-refractivity contribution in [1.82, 2.24) is 5.32 Å². The van der Waals surface area contributed by atoms with Gasteiger partial charge in [0, 0.05) is 6.92 Å². The molecule has 0 aromatic rings. The second-order valence-corrected chi connectivity index (χ2v) is 6.92. The zero-order valence-electron chi connectivity index (χ0n) is 14.9. The Morgan fingerprint density at radius 1 is 1.40 bits per heavy atom. The lowest BCUT2D eigenvalue weighted by Crippen LogP contribution is -2.64. The van der Waals surface area contributed by atoms with Gasteiger partial charge in [-0.25, -0.2) is 0 Å². The van der Waals surface area contributed by atoms with Crippen LogP contribution in [0.5, 0.6) is 0 Å². The molecule has 0 saturated carbocycles. The van der Waals surface area contributed by atoms with Gasteiger partial charge in [0.1, 0.15) is 24.4 Å². The van der Waals surface area contributed by atoms with Crippen LogP contribution in [0.3, 0.4) is 0 Å². The molecule has 0 aromatic carbocycles. The van der Waals surface area contributed by atoms with Crippen molar-refractivity contribution in [3.63, 3.8) is 0 Å². The summed E-state index contributed by atoms with van der Waals surface area (Å²) in [5, 5.41) is 32.1. The summed E-state index contributed by atoms with van der Waals surface area (Å²) < 4.78 is 11.3. The molecule has 4 N–H and O–H groups in total. The van der Waals surface area contributed by atoms with Gasteiger partial charge in [-0.1, -0.05) is 18.2 Å². The number of aliphatic hydroxyl groups excluding tert-OH is 3. The molecule has 142 valence electrons. The number of carbonyl (C=O) groups excluding carboxylic acids is 1. The number of rotatable bonds is 6. The minimum atomic E-state index is -1.30. The Morgan fingerprint density at radius 3 is 2.64 bits per heavy atom. The minimum absolute atomic E-state index is 0.310. The van der Waals surface area contributed by atoms with Gasteiger partial charge in [0.25, 0.3) is 0 Å². The van der Waals surface area contributed by atoms with E-state index in [2.05, 4.69) is 18.0 Å². The maximum atomic E-state index is 11.4. The number of allylic oxidation sites excluding steroid dienone is 2. The van der Waals surface area contributed by atoms with E-state index in [-0.39, 0.29) is 5.91 Å². The van der Waals surface area contributed by atoms with Crippen molar-refractivity contribution in [2.45, 2.75) is 63.8 Å². The number of amides is 1. The van der Waals surface area contributed by atoms with E-state index < -0.39 is 37.3 Å². The van der Waals surface area contributed by atoms with Crippen LogP contribution in [0.4, 0.5) is 0 Å². The lowest BCUT2D eigenvalue weighted by atomic mass is 9.86. The maximum Gasteiger partial charge on any atom is 0.217 e. The number of carbonyl (C=O) groups is 1. The van der Waals surface area contributed by atoms with Gasteiger partial charge in [-0.15, -0.1) is 0 Å². The van der Waals surface area contributed by atoms with Crippen LogP contribution >= 0.6 is 0 Å². The molecule has 2 aliphatic rings. The average molecular weight is 355 g/mol. The van der Waals surface area contributed by atoms with Crippen LogP contribution in [0.25, 0.3) is 0 Å². The van der Waals surface area contributed by atoms with E-state index in [1.54, 1.807) is 0 Å². The fourth-order valence-corrected chi connectivity index (χ4v) is 3.27. The molecule has 1 heterocycles. The summed E-state index contributed by atoms with van der Waals surface area (Å²) in [7, 11) is 0. The van der Waals surface area contributed by atoms with E-state index in [9.17, 15) is 20.1 Å². The molecule has 1 saturated heterocycles. The summed E-state index contributed by atoms with van der Waals surface area (Å²) >= 11 is 0. The predicted molar refractivity (Wildman–Crippen MR) is 91.6 cm³/mol. The van der Waals surface area contributed by atoms with E-state index in [0.29, 0.717) is 12.5 Å². The maximum absolute atomic E-state index is 11.4. The van der Waals surface area contributed by atoms with Gasteiger partial charge in [0.15, 0.2) is 6.29 Å². The van der Waals surface area contributed by atoms with Crippen molar-refractivity contribution >= 4 is 5.91 Å². The molecule has 0 aromatic heterocycles. The molecule has 1 aliphatic carbocycles. The SMILES string of the molecule is C=C(C)C1CC=C(COC2OC(CO)C(O)C(O)C2NC(C)=O)CC1. The molecule has 0 spiro atoms. The van der Waals surface area contributed by atoms with Gasteiger partial charge in [-0.05, 0) is 37.7 Å². The summed E-state index contributed by atoms with van der Waals surface area (Å²) in [5.41, 5.74) is 2.31. The lowest BCUT2D eigenvalue weighted by molar-refractivity contribution is -0.267. The highest BCUT2D eigenvalue weighted by Crippen LogP contribution is 2.29. The topological polar surface area (TPSA) is 108 Å². The van der Waals surface area contributed by atoms with Crippen molar-refractivity contribution < 1.29 is 29.6 Å². The molecular weight excluding hydrogens is 326 g/mol. The Balaban J connectivity index is 1.99. The van der Waals surface area contributed by atoms with Crippen LogP contribution in [0.1, 0.15) is 33.1 Å². The largest absolute Gasteiger partial charge is 0.394 e. The molecule has 6 atom stereocenters. The average Bonchev–Trinajstić information content (AvgIpc) is 2.58. The Hall–Kier alpha value is -1.25. The summed E-state index contributed by atoms with van der Waals surface area (Å²) in [6.45, 7) is 7.21. The standard InChI is InChI=1S/C18H29NO6/c1-10(2)13-6-4-12(5-7-13)9-24-18-15(19-11(3)21)17(23)16(22)14(8-20)25-18/h4,13-18,20,22-23H,1,5-9H2,2-3H3,(H,19,21). The Labute approximate surface area is 148 Å². The van der Waals surface area contributed by atoms with Crippen molar-refractivity contribution in [2.75, 3.05) is 13.2 Å². The first-order valence-corrected chi connectivity index (χ1v) is 8.68. The quantitative estimate of drug-likeness (QED) is 0.509. The third-order valence-corrected chi connectivity index (χ3v) is 4.89. The first-order valence-electron chi connectivity index (χ1n) is 8.68. The van der Waals surface area contributed by atoms with E-state index in [1.807, 2.05) is 6.92 Å². The van der Waals surface area contributed by atoms with Crippen LogP contribution in [0.2, 0.25) is 0 Å². The second-order valence-electron chi connectivity index (χ2n) is 6.92. The highest BCUT2D eigenvalue weighted by Gasteiger charge is 2.45. The number of hydrogen-bond acceptors (Lipinski definition) is 6. The van der Waals surface area contributed by atoms with Crippen LogP contribution in [-0.2, 0) is 14.3 Å². The molecule has 0 bridgehead atoms. The number of ether oxygens (including phenoxy) is 2. The summed E-state index contributed by atoms with van der Waals surface area (Å²) in [5.74, 6) is 0.134. The Kier molecular flexibility index (Phi) is 7.15. The van der Waals surface area contributed by atoms with Gasteiger partial charge in [0.2, 0.25) is 5.91 Å². The van der Waals surface area contributed by atoms with Crippen LogP contribution in [0.15, 0.2) is 23.8 Å². The number of aliphatic hydroxyl groups is 3. The van der Waals surface area contributed by atoms with Crippen LogP contribution < -0.4 is 5.32 Å². The molecule has 1 fully saturated rings. The normalized spacial score (nSPS) is 35.8. The molecule has 1 amide bonds. The van der Waals surface area contributed by atoms with E-state index >= 15 is 0 Å². The molecular formula is C18H29NO6. The van der Waals surface area contributed by atoms with Gasteiger partial charge in [-0.2, -0.15) is 0 Å². The third kappa shape index (κ3) is 5.12. The van der Waals surface area contributed by atoms with E-state index in [1.165, 1.54) is 12.5 Å². The summed E-state index contributed by atoms with van der Waals surface area (Å²) in [4.78, 5) is 11.4. The highest BCUT2D eigenvalue weighted by atomic mass is 16.7. The number of hydrogen-bond donors (Lipinski definition) is 4. The minimum Gasteiger partial charge on any atom is -0.394 e. The molecule has 25 heavy (non-hydrogen) atoms. The second kappa shape index (κ2) is 8.91. The summed E-state index contributed by atoms with van der Waals surface area (Å²) in [6.07, 6.45) is 0.482. The smallest absolute Gasteiger partial charge is 0.217 e. The third-order valence-electron chi connectivity index (χ3n) is 4.89.